The highest BCUT2D eigenvalue weighted by molar-refractivity contribution is 7.26. The van der Waals surface area contributed by atoms with E-state index in [0.29, 0.717) is 0 Å². The molecular weight excluding hydrogens is 795 g/mol. The Labute approximate surface area is 371 Å². The molecule has 14 rings (SSSR count). The molecule has 0 unspecified atom stereocenters. The number of hydrogen-bond donors (Lipinski definition) is 0. The van der Waals surface area contributed by atoms with E-state index in [1.165, 1.54) is 96.6 Å². The van der Waals surface area contributed by atoms with Gasteiger partial charge in [0.25, 0.3) is 0 Å². The fraction of sp³-hybridized carbons (Fsp3) is 0. The van der Waals surface area contributed by atoms with E-state index in [2.05, 4.69) is 211 Å². The Morgan fingerprint density at radius 3 is 1.66 bits per heavy atom. The lowest BCUT2D eigenvalue weighted by atomic mass is 9.91. The number of thiophene rings is 1. The van der Waals surface area contributed by atoms with Gasteiger partial charge in [-0.15, -0.1) is 11.3 Å². The van der Waals surface area contributed by atoms with E-state index >= 15 is 0 Å². The summed E-state index contributed by atoms with van der Waals surface area (Å²) in [6.07, 6.45) is 1.98. The van der Waals surface area contributed by atoms with E-state index in [9.17, 15) is 0 Å². The summed E-state index contributed by atoms with van der Waals surface area (Å²) < 4.78 is 4.89. The van der Waals surface area contributed by atoms with Gasteiger partial charge in [-0.3, -0.25) is 9.38 Å². The van der Waals surface area contributed by atoms with Crippen LogP contribution >= 0.6 is 11.3 Å². The van der Waals surface area contributed by atoms with Crippen LogP contribution in [0.15, 0.2) is 212 Å². The monoisotopic (exact) mass is 829 g/mol. The summed E-state index contributed by atoms with van der Waals surface area (Å²) in [6, 6.07) is 75.5. The molecule has 14 aromatic rings. The molecular formula is C60H35N3S. The molecule has 0 aliphatic heterocycles. The van der Waals surface area contributed by atoms with Gasteiger partial charge in [-0.2, -0.15) is 0 Å². The van der Waals surface area contributed by atoms with Crippen molar-refractivity contribution in [1.82, 2.24) is 14.4 Å². The van der Waals surface area contributed by atoms with Crippen molar-refractivity contribution < 1.29 is 0 Å². The van der Waals surface area contributed by atoms with E-state index in [-0.39, 0.29) is 0 Å². The quantitative estimate of drug-likeness (QED) is 0.131. The van der Waals surface area contributed by atoms with Gasteiger partial charge in [0.2, 0.25) is 0 Å². The van der Waals surface area contributed by atoms with Crippen LogP contribution in [0.4, 0.5) is 0 Å². The minimum Gasteiger partial charge on any atom is -0.291 e. The fourth-order valence-corrected chi connectivity index (χ4v) is 11.4. The average molecular weight is 830 g/mol. The summed E-state index contributed by atoms with van der Waals surface area (Å²) in [4.78, 5) is 10.2. The average Bonchev–Trinajstić information content (AvgIpc) is 3.92. The molecule has 0 spiro atoms. The molecule has 0 saturated carbocycles. The molecule has 4 aromatic heterocycles. The van der Waals surface area contributed by atoms with Crippen molar-refractivity contribution in [2.24, 2.45) is 0 Å². The van der Waals surface area contributed by atoms with Crippen molar-refractivity contribution >= 4 is 102 Å². The topological polar surface area (TPSA) is 30.2 Å². The van der Waals surface area contributed by atoms with Gasteiger partial charge >= 0.3 is 0 Å². The van der Waals surface area contributed by atoms with E-state index in [1.54, 1.807) is 0 Å². The predicted molar refractivity (Wildman–Crippen MR) is 273 cm³/mol. The number of pyridine rings is 2. The number of imidazole rings is 1. The lowest BCUT2D eigenvalue weighted by Crippen LogP contribution is -1.93. The third-order valence-corrected chi connectivity index (χ3v) is 14.6. The molecule has 0 aliphatic rings. The summed E-state index contributed by atoms with van der Waals surface area (Å²) in [5, 5.41) is 13.5. The van der Waals surface area contributed by atoms with Crippen molar-refractivity contribution in [3.8, 4) is 44.6 Å². The zero-order valence-electron chi connectivity index (χ0n) is 34.5. The van der Waals surface area contributed by atoms with Crippen molar-refractivity contribution in [3.63, 3.8) is 0 Å². The maximum absolute atomic E-state index is 5.40. The molecule has 0 saturated heterocycles. The number of hydrogen-bond acceptors (Lipinski definition) is 3. The fourth-order valence-electron chi connectivity index (χ4n) is 10.2. The Hall–Kier alpha value is -8.18. The number of benzene rings is 10. The second-order valence-corrected chi connectivity index (χ2v) is 18.0. The molecule has 10 aromatic carbocycles. The summed E-state index contributed by atoms with van der Waals surface area (Å²) in [7, 11) is 0. The van der Waals surface area contributed by atoms with Gasteiger partial charge in [0, 0.05) is 32.4 Å². The Bertz CT molecular complexity index is 4230. The maximum atomic E-state index is 5.40. The summed E-state index contributed by atoms with van der Waals surface area (Å²) >= 11 is 1.83. The first-order chi connectivity index (χ1) is 31.7. The van der Waals surface area contributed by atoms with Crippen molar-refractivity contribution in [1.29, 1.82) is 0 Å². The Morgan fingerprint density at radius 2 is 0.938 bits per heavy atom. The van der Waals surface area contributed by atoms with Gasteiger partial charge in [-0.25, -0.2) is 4.98 Å². The molecule has 4 heteroatoms. The third-order valence-electron chi connectivity index (χ3n) is 13.4. The molecule has 4 heterocycles. The van der Waals surface area contributed by atoms with Crippen LogP contribution in [0.25, 0.3) is 135 Å². The SMILES string of the molecule is c1ccc2cc3cc4c(cc3cc2c1)nc1c2sc3ccccc3c2cc(-c2ccc(-c3ccc(-c5ccc(-c6ccc7c(c6)ncc6ccccc67)cc5)c5ccccc35)cc2)n41. The van der Waals surface area contributed by atoms with Gasteiger partial charge in [0.1, 0.15) is 0 Å². The molecule has 0 bridgehead atoms. The normalized spacial score (nSPS) is 12.1. The molecule has 0 aliphatic carbocycles. The molecule has 0 N–H and O–H groups in total. The lowest BCUT2D eigenvalue weighted by molar-refractivity contribution is 1.25. The summed E-state index contributed by atoms with van der Waals surface area (Å²) in [5.74, 6) is 0. The maximum Gasteiger partial charge on any atom is 0.156 e. The molecule has 0 fully saturated rings. The standard InChI is InChI=1S/C60H35N3S/c1-2-10-41-30-45-33-57-55(32-44(45)29-40(41)9-1)62-60-59-53(52-15-7-8-16-58(52)64-59)34-56(63(57)60)39-23-21-38(22-24-39)48-28-27-47(49-13-5-6-14-50(48)49)37-19-17-36(18-20-37)42-25-26-51-46-12-4-3-11-43(46)35-61-54(51)31-42/h1-35H. The van der Waals surface area contributed by atoms with Crippen LogP contribution in [-0.4, -0.2) is 14.4 Å². The number of rotatable bonds is 4. The van der Waals surface area contributed by atoms with Gasteiger partial charge in [-0.05, 0) is 119 Å². The van der Waals surface area contributed by atoms with Crippen molar-refractivity contribution in [2.45, 2.75) is 0 Å². The van der Waals surface area contributed by atoms with E-state index in [4.69, 9.17) is 9.97 Å². The van der Waals surface area contributed by atoms with Crippen molar-refractivity contribution in [2.75, 3.05) is 0 Å². The highest BCUT2D eigenvalue weighted by Crippen LogP contribution is 2.43. The smallest absolute Gasteiger partial charge is 0.156 e. The largest absolute Gasteiger partial charge is 0.291 e. The molecule has 296 valence electrons. The Morgan fingerprint density at radius 1 is 0.359 bits per heavy atom. The van der Waals surface area contributed by atoms with Gasteiger partial charge < -0.3 is 0 Å². The van der Waals surface area contributed by atoms with Crippen LogP contribution in [-0.2, 0) is 0 Å². The predicted octanol–water partition coefficient (Wildman–Crippen LogP) is 16.7. The molecule has 64 heavy (non-hydrogen) atoms. The first kappa shape index (κ1) is 35.4. The van der Waals surface area contributed by atoms with Gasteiger partial charge in [0.15, 0.2) is 5.65 Å². The number of nitrogens with zero attached hydrogens (tertiary/aromatic N) is 3. The molecule has 0 atom stereocenters. The zero-order chi connectivity index (χ0) is 41.9. The summed E-state index contributed by atoms with van der Waals surface area (Å²) in [6.45, 7) is 0. The molecule has 0 radical (unpaired) electrons. The van der Waals surface area contributed by atoms with Crippen LogP contribution in [0.2, 0.25) is 0 Å². The van der Waals surface area contributed by atoms with Crippen LogP contribution in [0.1, 0.15) is 0 Å². The van der Waals surface area contributed by atoms with E-state index in [1.807, 2.05) is 17.5 Å². The number of fused-ring (bicyclic) bond motifs is 13. The lowest BCUT2D eigenvalue weighted by Gasteiger charge is -2.14. The second-order valence-electron chi connectivity index (χ2n) is 17.0. The third kappa shape index (κ3) is 5.40. The van der Waals surface area contributed by atoms with Crippen LogP contribution in [0.3, 0.4) is 0 Å². The minimum atomic E-state index is 1.00. The first-order valence-electron chi connectivity index (χ1n) is 21.8. The van der Waals surface area contributed by atoms with Crippen LogP contribution in [0, 0.1) is 0 Å². The van der Waals surface area contributed by atoms with E-state index in [0.717, 1.165) is 38.8 Å². The minimum absolute atomic E-state index is 1.00. The highest BCUT2D eigenvalue weighted by atomic mass is 32.1. The second kappa shape index (κ2) is 13.7. The Balaban J connectivity index is 0.860. The summed E-state index contributed by atoms with van der Waals surface area (Å²) in [5.41, 5.74) is 13.6. The van der Waals surface area contributed by atoms with Crippen LogP contribution in [0.5, 0.6) is 0 Å². The highest BCUT2D eigenvalue weighted by Gasteiger charge is 2.19. The van der Waals surface area contributed by atoms with E-state index < -0.39 is 0 Å². The van der Waals surface area contributed by atoms with Gasteiger partial charge in [-0.1, -0.05) is 164 Å². The van der Waals surface area contributed by atoms with Gasteiger partial charge in [0.05, 0.1) is 26.9 Å². The zero-order valence-corrected chi connectivity index (χ0v) is 35.3. The van der Waals surface area contributed by atoms with Crippen molar-refractivity contribution in [3.05, 3.63) is 212 Å². The number of aromatic nitrogens is 3. The molecule has 0 amide bonds. The first-order valence-corrected chi connectivity index (χ1v) is 22.6. The Kier molecular flexibility index (Phi) is 7.56. The molecule has 3 nitrogen and oxygen atoms in total. The van der Waals surface area contributed by atoms with Crippen LogP contribution < -0.4 is 0 Å².